The lowest BCUT2D eigenvalue weighted by Gasteiger charge is -2.05. The highest BCUT2D eigenvalue weighted by Crippen LogP contribution is 2.25. The van der Waals surface area contributed by atoms with E-state index in [1.807, 2.05) is 18.2 Å². The second kappa shape index (κ2) is 4.29. The molecule has 2 heteroatoms. The summed E-state index contributed by atoms with van der Waals surface area (Å²) >= 11 is 0. The first-order chi connectivity index (χ1) is 7.86. The van der Waals surface area contributed by atoms with Gasteiger partial charge in [0, 0.05) is 11.1 Å². The minimum Gasteiger partial charge on any atom is -0.192 e. The molecule has 0 aliphatic heterocycles. The first kappa shape index (κ1) is 9.96. The molecule has 0 aromatic heterocycles. The fraction of sp³-hybridized carbons (Fsp3) is 0. The van der Waals surface area contributed by atoms with E-state index in [1.165, 1.54) is 0 Å². The summed E-state index contributed by atoms with van der Waals surface area (Å²) in [6.45, 7) is 0. The van der Waals surface area contributed by atoms with Crippen LogP contribution in [0.25, 0.3) is 11.1 Å². The Morgan fingerprint density at radius 1 is 0.875 bits per heavy atom. The van der Waals surface area contributed by atoms with Gasteiger partial charge in [-0.15, -0.1) is 0 Å². The smallest absolute Gasteiger partial charge is 0.0998 e. The quantitative estimate of drug-likeness (QED) is 0.715. The minimum atomic E-state index is 0.533. The Balaban J connectivity index is 2.70. The van der Waals surface area contributed by atoms with E-state index in [0.29, 0.717) is 11.1 Å². The number of nitrogens with zero attached hydrogens (tertiary/aromatic N) is 2. The fourth-order valence-corrected chi connectivity index (χ4v) is 1.57. The van der Waals surface area contributed by atoms with Gasteiger partial charge in [0.15, 0.2) is 0 Å². The Hall–Kier alpha value is -2.58. The summed E-state index contributed by atoms with van der Waals surface area (Å²) in [5, 5.41) is 18.0. The lowest BCUT2D eigenvalue weighted by Crippen LogP contribution is -1.87. The maximum absolute atomic E-state index is 9.00. The Kier molecular flexibility index (Phi) is 2.67. The molecular weight excluding hydrogens is 196 g/mol. The van der Waals surface area contributed by atoms with Gasteiger partial charge >= 0.3 is 0 Å². The number of hydrogen-bond acceptors (Lipinski definition) is 2. The molecule has 2 nitrogen and oxygen atoms in total. The topological polar surface area (TPSA) is 47.6 Å². The summed E-state index contributed by atoms with van der Waals surface area (Å²) in [4.78, 5) is 0. The van der Waals surface area contributed by atoms with Crippen molar-refractivity contribution in [3.05, 3.63) is 59.7 Å². The van der Waals surface area contributed by atoms with Gasteiger partial charge in [-0.1, -0.05) is 30.3 Å². The maximum Gasteiger partial charge on any atom is 0.0998 e. The molecule has 0 unspecified atom stereocenters. The maximum atomic E-state index is 9.00. The lowest BCUT2D eigenvalue weighted by molar-refractivity contribution is 1.45. The molecule has 0 aliphatic carbocycles. The molecule has 0 spiro atoms. The number of benzene rings is 2. The van der Waals surface area contributed by atoms with E-state index in [-0.39, 0.29) is 0 Å². The van der Waals surface area contributed by atoms with Crippen LogP contribution in [0.15, 0.2) is 42.5 Å². The van der Waals surface area contributed by atoms with Gasteiger partial charge in [0.25, 0.3) is 0 Å². The van der Waals surface area contributed by atoms with Crippen molar-refractivity contribution in [2.24, 2.45) is 0 Å². The molecule has 2 aromatic carbocycles. The largest absolute Gasteiger partial charge is 0.192 e. The molecule has 0 aliphatic rings. The molecule has 2 aromatic rings. The van der Waals surface area contributed by atoms with E-state index in [0.717, 1.165) is 11.1 Å². The Morgan fingerprint density at radius 2 is 1.56 bits per heavy atom. The molecule has 73 valence electrons. The Bertz CT molecular complexity index is 545. The molecule has 0 atom stereocenters. The first-order valence-corrected chi connectivity index (χ1v) is 4.76. The predicted octanol–water partition coefficient (Wildman–Crippen LogP) is 2.90. The van der Waals surface area contributed by atoms with Gasteiger partial charge in [0.2, 0.25) is 0 Å². The standard InChI is InChI=1S/C14H7N2/c15-9-11-5-1-3-7-13(11)14-8-4-2-6-12(14)10-16/h1,3-8H. The van der Waals surface area contributed by atoms with Crippen LogP contribution < -0.4 is 0 Å². The van der Waals surface area contributed by atoms with Crippen molar-refractivity contribution < 1.29 is 0 Å². The van der Waals surface area contributed by atoms with Crippen molar-refractivity contribution in [3.63, 3.8) is 0 Å². The van der Waals surface area contributed by atoms with Gasteiger partial charge < -0.3 is 0 Å². The van der Waals surface area contributed by atoms with Crippen molar-refractivity contribution in [1.29, 1.82) is 10.5 Å². The monoisotopic (exact) mass is 203 g/mol. The second-order valence-corrected chi connectivity index (χ2v) is 3.24. The molecule has 16 heavy (non-hydrogen) atoms. The van der Waals surface area contributed by atoms with Crippen molar-refractivity contribution in [1.82, 2.24) is 0 Å². The van der Waals surface area contributed by atoms with Gasteiger partial charge in [-0.05, 0) is 18.2 Å². The summed E-state index contributed by atoms with van der Waals surface area (Å²) in [5.74, 6) is 0. The van der Waals surface area contributed by atoms with E-state index in [4.69, 9.17) is 10.5 Å². The summed E-state index contributed by atoms with van der Waals surface area (Å²) < 4.78 is 0. The highest BCUT2D eigenvalue weighted by Gasteiger charge is 2.07. The normalized spacial score (nSPS) is 9.12. The van der Waals surface area contributed by atoms with Gasteiger partial charge in [0.1, 0.15) is 0 Å². The van der Waals surface area contributed by atoms with Gasteiger partial charge in [-0.2, -0.15) is 10.5 Å². The average molecular weight is 203 g/mol. The van der Waals surface area contributed by atoms with Crippen LogP contribution in [0.5, 0.6) is 0 Å². The number of rotatable bonds is 1. The first-order valence-electron chi connectivity index (χ1n) is 4.76. The van der Waals surface area contributed by atoms with E-state index >= 15 is 0 Å². The van der Waals surface area contributed by atoms with Crippen LogP contribution in [-0.2, 0) is 0 Å². The molecule has 0 amide bonds. The number of hydrogen-bond donors (Lipinski definition) is 0. The average Bonchev–Trinajstić information content (AvgIpc) is 2.38. The van der Waals surface area contributed by atoms with Crippen molar-refractivity contribution in [3.8, 4) is 23.3 Å². The zero-order valence-corrected chi connectivity index (χ0v) is 8.44. The van der Waals surface area contributed by atoms with Crippen LogP contribution in [-0.4, -0.2) is 0 Å². The molecule has 2 rings (SSSR count). The van der Waals surface area contributed by atoms with Crippen LogP contribution in [0.3, 0.4) is 0 Å². The van der Waals surface area contributed by atoms with E-state index < -0.39 is 0 Å². The zero-order chi connectivity index (χ0) is 11.4. The van der Waals surface area contributed by atoms with Gasteiger partial charge in [0.05, 0.1) is 23.3 Å². The number of nitriles is 2. The van der Waals surface area contributed by atoms with Crippen LogP contribution in [0.2, 0.25) is 0 Å². The highest BCUT2D eigenvalue weighted by atomic mass is 14.3. The van der Waals surface area contributed by atoms with Crippen LogP contribution in [0.1, 0.15) is 11.1 Å². The summed E-state index contributed by atoms with van der Waals surface area (Å²) in [7, 11) is 0. The van der Waals surface area contributed by atoms with Crippen molar-refractivity contribution in [2.45, 2.75) is 0 Å². The molecular formula is C14H7N2. The SMILES string of the molecule is N#Cc1c[c]ccc1-c1ccccc1C#N. The molecule has 1 radical (unpaired) electrons. The van der Waals surface area contributed by atoms with E-state index in [9.17, 15) is 0 Å². The van der Waals surface area contributed by atoms with Crippen LogP contribution in [0, 0.1) is 28.7 Å². The second-order valence-electron chi connectivity index (χ2n) is 3.24. The Morgan fingerprint density at radius 3 is 2.31 bits per heavy atom. The molecule has 0 fully saturated rings. The predicted molar refractivity (Wildman–Crippen MR) is 60.1 cm³/mol. The third-order valence-electron chi connectivity index (χ3n) is 2.32. The molecule has 0 heterocycles. The minimum absolute atomic E-state index is 0.533. The third-order valence-corrected chi connectivity index (χ3v) is 2.32. The summed E-state index contributed by atoms with van der Waals surface area (Å²) in [6, 6.07) is 19.5. The molecule has 0 N–H and O–H groups in total. The van der Waals surface area contributed by atoms with E-state index in [1.54, 1.807) is 24.3 Å². The third kappa shape index (κ3) is 1.65. The van der Waals surface area contributed by atoms with E-state index in [2.05, 4.69) is 18.2 Å². The Labute approximate surface area is 94.0 Å². The van der Waals surface area contributed by atoms with Crippen molar-refractivity contribution in [2.75, 3.05) is 0 Å². The molecule has 0 saturated carbocycles. The van der Waals surface area contributed by atoms with Crippen LogP contribution in [0.4, 0.5) is 0 Å². The van der Waals surface area contributed by atoms with Gasteiger partial charge in [-0.3, -0.25) is 0 Å². The van der Waals surface area contributed by atoms with Crippen LogP contribution >= 0.6 is 0 Å². The summed E-state index contributed by atoms with van der Waals surface area (Å²) in [5.41, 5.74) is 2.67. The summed E-state index contributed by atoms with van der Waals surface area (Å²) in [6.07, 6.45) is 0. The highest BCUT2D eigenvalue weighted by molar-refractivity contribution is 5.75. The molecule has 0 saturated heterocycles. The van der Waals surface area contributed by atoms with Gasteiger partial charge in [-0.25, -0.2) is 0 Å². The lowest BCUT2D eigenvalue weighted by atomic mass is 9.96. The molecule has 0 bridgehead atoms. The van der Waals surface area contributed by atoms with Crippen molar-refractivity contribution >= 4 is 0 Å². The fourth-order valence-electron chi connectivity index (χ4n) is 1.57. The zero-order valence-electron chi connectivity index (χ0n) is 8.44.